The number of amides is 2. The number of unbranched alkanes of at least 4 members (excludes halogenated alkanes) is 5. The van der Waals surface area contributed by atoms with Gasteiger partial charge in [-0.05, 0) is 60.0 Å². The van der Waals surface area contributed by atoms with Crippen LogP contribution in [0.5, 0.6) is 0 Å². The van der Waals surface area contributed by atoms with E-state index in [1.165, 1.54) is 0 Å². The van der Waals surface area contributed by atoms with Gasteiger partial charge in [0, 0.05) is 23.9 Å². The molecule has 6 rings (SSSR count). The molecule has 0 atom stereocenters. The summed E-state index contributed by atoms with van der Waals surface area (Å²) in [5.41, 5.74) is 4.66. The first kappa shape index (κ1) is 29.7. The summed E-state index contributed by atoms with van der Waals surface area (Å²) in [4.78, 5) is 37.9. The molecule has 0 spiro atoms. The van der Waals surface area contributed by atoms with E-state index in [2.05, 4.69) is 10.6 Å². The van der Waals surface area contributed by atoms with Crippen LogP contribution in [0, 0.1) is 0 Å². The molecule has 0 bridgehead atoms. The van der Waals surface area contributed by atoms with Crippen LogP contribution in [0.25, 0.3) is 42.9 Å². The minimum Gasteiger partial charge on any atom is -0.352 e. The Labute approximate surface area is 265 Å². The van der Waals surface area contributed by atoms with Gasteiger partial charge in [0.1, 0.15) is 0 Å². The summed E-state index contributed by atoms with van der Waals surface area (Å²) in [5.74, 6) is -0.108. The molecule has 222 valence electrons. The molecule has 4 heterocycles. The molecule has 0 saturated heterocycles. The van der Waals surface area contributed by atoms with E-state index in [1.54, 1.807) is 22.7 Å². The van der Waals surface area contributed by atoms with Gasteiger partial charge in [-0.25, -0.2) is 9.97 Å². The molecular weight excluding hydrogens is 585 g/mol. The molecule has 8 heteroatoms. The van der Waals surface area contributed by atoms with Crippen LogP contribution in [-0.2, 0) is 0 Å². The minimum absolute atomic E-state index is 0.0540. The third-order valence-corrected chi connectivity index (χ3v) is 9.43. The van der Waals surface area contributed by atoms with Crippen LogP contribution < -0.4 is 10.6 Å². The lowest BCUT2D eigenvalue weighted by atomic mass is 10.1. The van der Waals surface area contributed by atoms with Crippen molar-refractivity contribution in [1.29, 1.82) is 0 Å². The molecule has 2 N–H and O–H groups in total. The molecule has 0 aliphatic carbocycles. The fourth-order valence-electron chi connectivity index (χ4n) is 5.38. The normalized spacial score (nSPS) is 11.2. The first-order chi connectivity index (χ1) is 21.7. The van der Waals surface area contributed by atoms with E-state index < -0.39 is 0 Å². The number of carbonyl (C=O) groups is 2. The van der Waals surface area contributed by atoms with Crippen molar-refractivity contribution < 1.29 is 9.59 Å². The van der Waals surface area contributed by atoms with Crippen LogP contribution in [0.4, 0.5) is 0 Å². The van der Waals surface area contributed by atoms with Crippen LogP contribution in [0.1, 0.15) is 59.2 Å². The molecule has 0 unspecified atom stereocenters. The van der Waals surface area contributed by atoms with Crippen molar-refractivity contribution in [3.8, 4) is 21.1 Å². The maximum absolute atomic E-state index is 13.1. The summed E-state index contributed by atoms with van der Waals surface area (Å²) in [6.07, 6.45) is 6.18. The smallest absolute Gasteiger partial charge is 0.252 e. The van der Waals surface area contributed by atoms with Gasteiger partial charge in [0.15, 0.2) is 0 Å². The number of benzene rings is 2. The highest BCUT2D eigenvalue weighted by atomic mass is 32.1. The standard InChI is InChI=1S/C36H34N4O2S2/c41-35(27-23-31(33-17-11-21-43-33)39-29-15-7-5-13-25(27)29)37-19-9-3-1-2-4-10-20-38-36(42)28-24-32(34-18-12-22-44-34)40-30-16-8-6-14-26(28)30/h5-8,11-18,21-24H,1-4,9-10,19-20H2,(H,37,41)(H,38,42). The van der Waals surface area contributed by atoms with Crippen molar-refractivity contribution in [2.75, 3.05) is 13.1 Å². The first-order valence-corrected chi connectivity index (χ1v) is 16.9. The molecule has 2 aromatic carbocycles. The maximum atomic E-state index is 13.1. The maximum Gasteiger partial charge on any atom is 0.252 e. The number of nitrogens with one attached hydrogen (secondary N) is 2. The zero-order valence-electron chi connectivity index (χ0n) is 24.4. The zero-order valence-corrected chi connectivity index (χ0v) is 26.1. The molecule has 4 aromatic heterocycles. The lowest BCUT2D eigenvalue weighted by molar-refractivity contribution is 0.0946. The monoisotopic (exact) mass is 618 g/mol. The number of fused-ring (bicyclic) bond motifs is 2. The van der Waals surface area contributed by atoms with Crippen LogP contribution in [-0.4, -0.2) is 34.9 Å². The van der Waals surface area contributed by atoms with Gasteiger partial charge in [-0.3, -0.25) is 9.59 Å². The van der Waals surface area contributed by atoms with Crippen molar-refractivity contribution in [3.05, 3.63) is 107 Å². The fraction of sp³-hybridized carbons (Fsp3) is 0.222. The zero-order chi connectivity index (χ0) is 30.1. The number of carbonyl (C=O) groups excluding carboxylic acids is 2. The number of aromatic nitrogens is 2. The Hall–Kier alpha value is -4.40. The summed E-state index contributed by atoms with van der Waals surface area (Å²) in [5, 5.41) is 12.0. The van der Waals surface area contributed by atoms with Crippen molar-refractivity contribution in [3.63, 3.8) is 0 Å². The van der Waals surface area contributed by atoms with E-state index in [1.807, 2.05) is 95.7 Å². The molecular formula is C36H34N4O2S2. The van der Waals surface area contributed by atoms with E-state index in [9.17, 15) is 9.59 Å². The van der Waals surface area contributed by atoms with Gasteiger partial charge in [-0.15, -0.1) is 22.7 Å². The largest absolute Gasteiger partial charge is 0.352 e. The lowest BCUT2D eigenvalue weighted by Crippen LogP contribution is -2.25. The van der Waals surface area contributed by atoms with Gasteiger partial charge >= 0.3 is 0 Å². The Morgan fingerprint density at radius 3 is 1.41 bits per heavy atom. The number of rotatable bonds is 13. The summed E-state index contributed by atoms with van der Waals surface area (Å²) >= 11 is 3.24. The summed E-state index contributed by atoms with van der Waals surface area (Å²) < 4.78 is 0. The summed E-state index contributed by atoms with van der Waals surface area (Å²) in [6, 6.07) is 27.5. The van der Waals surface area contributed by atoms with Crippen LogP contribution in [0.2, 0.25) is 0 Å². The van der Waals surface area contributed by atoms with E-state index in [4.69, 9.17) is 9.97 Å². The Kier molecular flexibility index (Phi) is 9.70. The number of para-hydroxylation sites is 2. The molecule has 2 amide bonds. The van der Waals surface area contributed by atoms with E-state index in [0.717, 1.165) is 81.5 Å². The third kappa shape index (κ3) is 7.04. The number of nitrogens with zero attached hydrogens (tertiary/aromatic N) is 2. The highest BCUT2D eigenvalue weighted by molar-refractivity contribution is 7.13. The van der Waals surface area contributed by atoms with Gasteiger partial charge in [0.25, 0.3) is 11.8 Å². The Morgan fingerprint density at radius 2 is 0.977 bits per heavy atom. The van der Waals surface area contributed by atoms with Gasteiger partial charge in [0.2, 0.25) is 0 Å². The highest BCUT2D eigenvalue weighted by Crippen LogP contribution is 2.29. The molecule has 6 aromatic rings. The predicted molar refractivity (Wildman–Crippen MR) is 182 cm³/mol. The first-order valence-electron chi connectivity index (χ1n) is 15.1. The van der Waals surface area contributed by atoms with Crippen molar-refractivity contribution >= 4 is 56.3 Å². The van der Waals surface area contributed by atoms with Crippen LogP contribution in [0.15, 0.2) is 95.7 Å². The minimum atomic E-state index is -0.0540. The van der Waals surface area contributed by atoms with Gasteiger partial charge in [-0.2, -0.15) is 0 Å². The summed E-state index contributed by atoms with van der Waals surface area (Å²) in [7, 11) is 0. The van der Waals surface area contributed by atoms with Crippen molar-refractivity contribution in [1.82, 2.24) is 20.6 Å². The second-order valence-electron chi connectivity index (χ2n) is 10.7. The number of hydrogen-bond donors (Lipinski definition) is 2. The average Bonchev–Trinajstić information content (AvgIpc) is 3.80. The Balaban J connectivity index is 0.920. The van der Waals surface area contributed by atoms with Crippen molar-refractivity contribution in [2.45, 2.75) is 38.5 Å². The predicted octanol–water partition coefficient (Wildman–Crippen LogP) is 8.74. The number of pyridine rings is 2. The van der Waals surface area contributed by atoms with E-state index in [0.29, 0.717) is 24.2 Å². The molecule has 6 nitrogen and oxygen atoms in total. The molecule has 0 saturated carbocycles. The second-order valence-corrected chi connectivity index (χ2v) is 12.6. The van der Waals surface area contributed by atoms with Crippen molar-refractivity contribution in [2.24, 2.45) is 0 Å². The third-order valence-electron chi connectivity index (χ3n) is 7.64. The van der Waals surface area contributed by atoms with Gasteiger partial charge in [0.05, 0.1) is 43.3 Å². The fourth-order valence-corrected chi connectivity index (χ4v) is 6.75. The van der Waals surface area contributed by atoms with Gasteiger partial charge in [-0.1, -0.05) is 74.2 Å². The van der Waals surface area contributed by atoms with E-state index in [-0.39, 0.29) is 11.8 Å². The quantitative estimate of drug-likeness (QED) is 0.127. The SMILES string of the molecule is O=C(NCCCCCCCCNC(=O)c1cc(-c2cccs2)nc2ccccc12)c1cc(-c2cccs2)nc2ccccc12. The van der Waals surface area contributed by atoms with Gasteiger partial charge < -0.3 is 10.6 Å². The molecule has 44 heavy (non-hydrogen) atoms. The molecule has 0 radical (unpaired) electrons. The van der Waals surface area contributed by atoms with E-state index >= 15 is 0 Å². The lowest BCUT2D eigenvalue weighted by Gasteiger charge is -2.10. The summed E-state index contributed by atoms with van der Waals surface area (Å²) in [6.45, 7) is 1.29. The van der Waals surface area contributed by atoms with Crippen LogP contribution >= 0.6 is 22.7 Å². The number of thiophene rings is 2. The molecule has 0 aliphatic heterocycles. The highest BCUT2D eigenvalue weighted by Gasteiger charge is 2.15. The average molecular weight is 619 g/mol. The Morgan fingerprint density at radius 1 is 0.545 bits per heavy atom. The molecule has 0 fully saturated rings. The Bertz CT molecular complexity index is 1730. The topological polar surface area (TPSA) is 84.0 Å². The number of hydrogen-bond acceptors (Lipinski definition) is 6. The van der Waals surface area contributed by atoms with Crippen LogP contribution in [0.3, 0.4) is 0 Å². The molecule has 0 aliphatic rings. The second kappa shape index (κ2) is 14.4.